The molecule has 128 valence electrons. The van der Waals surface area contributed by atoms with Crippen LogP contribution in [0.3, 0.4) is 0 Å². The Labute approximate surface area is 140 Å². The third-order valence-corrected chi connectivity index (χ3v) is 6.27. The summed E-state index contributed by atoms with van der Waals surface area (Å²) in [5.41, 5.74) is 4.99. The summed E-state index contributed by atoms with van der Waals surface area (Å²) >= 11 is 0.614. The quantitative estimate of drug-likeness (QED) is 0.678. The molecule has 2 rings (SSSR count). The van der Waals surface area contributed by atoms with Crippen LogP contribution in [0.1, 0.15) is 17.3 Å². The molecule has 0 aliphatic carbocycles. The number of thiophene rings is 1. The zero-order chi connectivity index (χ0) is 18.1. The predicted molar refractivity (Wildman–Crippen MR) is 85.0 cm³/mol. The highest BCUT2D eigenvalue weighted by Gasteiger charge is 2.25. The van der Waals surface area contributed by atoms with Gasteiger partial charge in [0.1, 0.15) is 21.1 Å². The lowest BCUT2D eigenvalue weighted by atomic mass is 10.3. The monoisotopic (exact) mass is 372 g/mol. The average Bonchev–Trinajstić information content (AvgIpc) is 2.92. The largest absolute Gasteiger partial charge is 0.384 e. The van der Waals surface area contributed by atoms with E-state index in [-0.39, 0.29) is 19.7 Å². The fourth-order valence-electron chi connectivity index (χ4n) is 1.72. The van der Waals surface area contributed by atoms with Crippen molar-refractivity contribution in [2.45, 2.75) is 22.1 Å². The molecule has 24 heavy (non-hydrogen) atoms. The van der Waals surface area contributed by atoms with E-state index in [9.17, 15) is 27.5 Å². The van der Waals surface area contributed by atoms with Crippen LogP contribution in [0.2, 0.25) is 0 Å². The highest BCUT2D eigenvalue weighted by Crippen LogP contribution is 2.34. The number of primary amides is 1. The second-order valence-corrected chi connectivity index (χ2v) is 8.02. The Hall–Kier alpha value is -2.30. The van der Waals surface area contributed by atoms with Gasteiger partial charge in [-0.25, -0.2) is 12.8 Å². The molecular formula is C14H13FN2O5S2. The molecule has 1 atom stereocenters. The number of carbonyl (C=O) groups is 2. The van der Waals surface area contributed by atoms with Crippen LogP contribution in [0.15, 0.2) is 39.4 Å². The maximum atomic E-state index is 12.9. The molecule has 0 aliphatic heterocycles. The van der Waals surface area contributed by atoms with Crippen LogP contribution in [0.25, 0.3) is 0 Å². The summed E-state index contributed by atoms with van der Waals surface area (Å²) in [6, 6.07) is 5.19. The van der Waals surface area contributed by atoms with Crippen molar-refractivity contribution < 1.29 is 27.5 Å². The Balaban J connectivity index is 2.49. The van der Waals surface area contributed by atoms with E-state index in [4.69, 9.17) is 5.73 Å². The third-order valence-electron chi connectivity index (χ3n) is 2.98. The highest BCUT2D eigenvalue weighted by atomic mass is 32.2. The number of anilines is 1. The number of aliphatic hydroxyl groups is 1. The molecule has 0 bridgehead atoms. The first kappa shape index (κ1) is 18.0. The van der Waals surface area contributed by atoms with Crippen molar-refractivity contribution in [3.8, 4) is 0 Å². The zero-order valence-electron chi connectivity index (χ0n) is 12.3. The van der Waals surface area contributed by atoms with Gasteiger partial charge in [0.25, 0.3) is 11.8 Å². The van der Waals surface area contributed by atoms with Gasteiger partial charge < -0.3 is 16.2 Å². The summed E-state index contributed by atoms with van der Waals surface area (Å²) < 4.78 is 37.8. The molecule has 4 N–H and O–H groups in total. The first-order chi connectivity index (χ1) is 11.1. The molecule has 2 amide bonds. The number of halogens is 1. The molecular weight excluding hydrogens is 359 g/mol. The van der Waals surface area contributed by atoms with Crippen LogP contribution >= 0.6 is 11.3 Å². The SMILES string of the molecule is C[C@@H](O)C(=O)Nc1sc(S(=O)(=O)c2ccc(F)cc2)cc1C(N)=O. The Morgan fingerprint density at radius 1 is 1.29 bits per heavy atom. The van der Waals surface area contributed by atoms with E-state index >= 15 is 0 Å². The van der Waals surface area contributed by atoms with Gasteiger partial charge in [0, 0.05) is 0 Å². The van der Waals surface area contributed by atoms with Gasteiger partial charge in [-0.05, 0) is 37.3 Å². The number of benzene rings is 1. The number of sulfone groups is 1. The summed E-state index contributed by atoms with van der Waals surface area (Å²) in [4.78, 5) is 22.8. The van der Waals surface area contributed by atoms with Gasteiger partial charge in [-0.3, -0.25) is 9.59 Å². The molecule has 0 unspecified atom stereocenters. The summed E-state index contributed by atoms with van der Waals surface area (Å²) in [7, 11) is -4.02. The number of hydrogen-bond acceptors (Lipinski definition) is 6. The van der Waals surface area contributed by atoms with E-state index in [1.807, 2.05) is 0 Å². The number of hydrogen-bond donors (Lipinski definition) is 3. The second kappa shape index (κ2) is 6.67. The van der Waals surface area contributed by atoms with Crippen molar-refractivity contribution in [1.82, 2.24) is 0 Å². The smallest absolute Gasteiger partial charge is 0.253 e. The van der Waals surface area contributed by atoms with Crippen molar-refractivity contribution >= 4 is 38.0 Å². The highest BCUT2D eigenvalue weighted by molar-refractivity contribution is 7.93. The van der Waals surface area contributed by atoms with Gasteiger partial charge in [0.05, 0.1) is 10.5 Å². The fourth-order valence-corrected chi connectivity index (χ4v) is 4.50. The van der Waals surface area contributed by atoms with E-state index in [0.29, 0.717) is 11.3 Å². The van der Waals surface area contributed by atoms with Crippen LogP contribution in [0, 0.1) is 5.82 Å². The molecule has 1 aromatic heterocycles. The van der Waals surface area contributed by atoms with E-state index in [2.05, 4.69) is 5.32 Å². The first-order valence-electron chi connectivity index (χ1n) is 6.56. The van der Waals surface area contributed by atoms with Crippen LogP contribution in [-0.4, -0.2) is 31.4 Å². The minimum atomic E-state index is -4.02. The molecule has 0 radical (unpaired) electrons. The molecule has 0 fully saturated rings. The third kappa shape index (κ3) is 3.61. The van der Waals surface area contributed by atoms with E-state index in [0.717, 1.165) is 30.3 Å². The normalized spacial score (nSPS) is 12.6. The van der Waals surface area contributed by atoms with Crippen molar-refractivity contribution in [2.75, 3.05) is 5.32 Å². The number of amides is 2. The number of aliphatic hydroxyl groups excluding tert-OH is 1. The Kier molecular flexibility index (Phi) is 5.02. The standard InChI is InChI=1S/C14H13FN2O5S2/c1-7(18)13(20)17-14-10(12(16)19)6-11(23-14)24(21,22)9-4-2-8(15)3-5-9/h2-7,18H,1H3,(H2,16,19)(H,17,20)/t7-/m1/s1. The van der Waals surface area contributed by atoms with Crippen LogP contribution < -0.4 is 11.1 Å². The first-order valence-corrected chi connectivity index (χ1v) is 8.86. The average molecular weight is 372 g/mol. The lowest BCUT2D eigenvalue weighted by Gasteiger charge is -2.05. The number of nitrogens with two attached hydrogens (primary N) is 1. The molecule has 2 aromatic rings. The number of carbonyl (C=O) groups excluding carboxylic acids is 2. The maximum Gasteiger partial charge on any atom is 0.253 e. The van der Waals surface area contributed by atoms with Crippen molar-refractivity contribution in [2.24, 2.45) is 5.73 Å². The number of rotatable bonds is 5. The van der Waals surface area contributed by atoms with E-state index < -0.39 is 33.6 Å². The Morgan fingerprint density at radius 2 is 1.88 bits per heavy atom. The lowest BCUT2D eigenvalue weighted by molar-refractivity contribution is -0.123. The molecule has 10 heteroatoms. The molecule has 7 nitrogen and oxygen atoms in total. The zero-order valence-corrected chi connectivity index (χ0v) is 13.9. The van der Waals surface area contributed by atoms with Crippen LogP contribution in [-0.2, 0) is 14.6 Å². The maximum absolute atomic E-state index is 12.9. The molecule has 0 spiro atoms. The van der Waals surface area contributed by atoms with Gasteiger partial charge in [-0.2, -0.15) is 0 Å². The van der Waals surface area contributed by atoms with Gasteiger partial charge in [0.2, 0.25) is 9.84 Å². The minimum Gasteiger partial charge on any atom is -0.384 e. The summed E-state index contributed by atoms with van der Waals surface area (Å²) in [6.07, 6.45) is -1.36. The molecule has 1 aromatic carbocycles. The Bertz CT molecular complexity index is 888. The molecule has 0 aliphatic rings. The van der Waals surface area contributed by atoms with Gasteiger partial charge >= 0.3 is 0 Å². The topological polar surface area (TPSA) is 127 Å². The lowest BCUT2D eigenvalue weighted by Crippen LogP contribution is -2.25. The van der Waals surface area contributed by atoms with Crippen molar-refractivity contribution in [3.63, 3.8) is 0 Å². The fraction of sp³-hybridized carbons (Fsp3) is 0.143. The van der Waals surface area contributed by atoms with Gasteiger partial charge in [-0.1, -0.05) is 0 Å². The predicted octanol–water partition coefficient (Wildman–Crippen LogP) is 1.14. The summed E-state index contributed by atoms with van der Waals surface area (Å²) in [5.74, 6) is -2.35. The van der Waals surface area contributed by atoms with E-state index in [1.165, 1.54) is 6.92 Å². The van der Waals surface area contributed by atoms with Gasteiger partial charge in [0.15, 0.2) is 0 Å². The van der Waals surface area contributed by atoms with Crippen molar-refractivity contribution in [1.29, 1.82) is 0 Å². The van der Waals surface area contributed by atoms with Crippen LogP contribution in [0.4, 0.5) is 9.39 Å². The second-order valence-electron chi connectivity index (χ2n) is 4.80. The van der Waals surface area contributed by atoms with Crippen molar-refractivity contribution in [3.05, 3.63) is 41.7 Å². The minimum absolute atomic E-state index is 0.0888. The molecule has 1 heterocycles. The van der Waals surface area contributed by atoms with Crippen LogP contribution in [0.5, 0.6) is 0 Å². The number of nitrogens with one attached hydrogen (secondary N) is 1. The summed E-state index contributed by atoms with van der Waals surface area (Å²) in [6.45, 7) is 1.21. The molecule has 0 saturated carbocycles. The Morgan fingerprint density at radius 3 is 2.38 bits per heavy atom. The molecule has 0 saturated heterocycles. The van der Waals surface area contributed by atoms with Gasteiger partial charge in [-0.15, -0.1) is 11.3 Å². The van der Waals surface area contributed by atoms with E-state index in [1.54, 1.807) is 0 Å². The summed E-state index contributed by atoms with van der Waals surface area (Å²) in [5, 5.41) is 11.4.